The highest BCUT2D eigenvalue weighted by molar-refractivity contribution is 6.32. The smallest absolute Gasteiger partial charge is 0.174 e. The second kappa shape index (κ2) is 6.94. The SMILES string of the molecule is Fc1cccc(Cl)c1OCc1cnccc1N1CCNCC1. The van der Waals surface area contributed by atoms with Crippen molar-refractivity contribution < 1.29 is 9.13 Å². The molecule has 0 radical (unpaired) electrons. The van der Waals surface area contributed by atoms with Crippen molar-refractivity contribution in [3.63, 3.8) is 0 Å². The first-order chi connectivity index (χ1) is 10.8. The number of nitrogens with one attached hydrogen (secondary N) is 1. The first-order valence-electron chi connectivity index (χ1n) is 7.21. The van der Waals surface area contributed by atoms with Gasteiger partial charge >= 0.3 is 0 Å². The molecule has 4 nitrogen and oxygen atoms in total. The van der Waals surface area contributed by atoms with E-state index in [1.807, 2.05) is 6.07 Å². The van der Waals surface area contributed by atoms with E-state index in [9.17, 15) is 4.39 Å². The number of aromatic nitrogens is 1. The van der Waals surface area contributed by atoms with Crippen molar-refractivity contribution in [1.29, 1.82) is 0 Å². The molecule has 1 aromatic carbocycles. The molecule has 0 aliphatic carbocycles. The van der Waals surface area contributed by atoms with Crippen molar-refractivity contribution in [2.75, 3.05) is 31.1 Å². The normalized spacial score (nSPS) is 14.9. The quantitative estimate of drug-likeness (QED) is 0.939. The molecule has 116 valence electrons. The predicted molar refractivity (Wildman–Crippen MR) is 85.1 cm³/mol. The van der Waals surface area contributed by atoms with Crippen LogP contribution in [0.3, 0.4) is 0 Å². The Hall–Kier alpha value is -1.85. The maximum absolute atomic E-state index is 13.8. The Morgan fingerprint density at radius 2 is 2.09 bits per heavy atom. The van der Waals surface area contributed by atoms with Crippen molar-refractivity contribution >= 4 is 17.3 Å². The zero-order chi connectivity index (χ0) is 15.4. The maximum Gasteiger partial charge on any atom is 0.174 e. The summed E-state index contributed by atoms with van der Waals surface area (Å²) in [5, 5.41) is 3.59. The Kier molecular flexibility index (Phi) is 4.75. The summed E-state index contributed by atoms with van der Waals surface area (Å²) in [6.07, 6.45) is 3.52. The molecule has 1 fully saturated rings. The van der Waals surface area contributed by atoms with Gasteiger partial charge in [0, 0.05) is 49.8 Å². The third kappa shape index (κ3) is 3.31. The van der Waals surface area contributed by atoms with Gasteiger partial charge in [-0.05, 0) is 18.2 Å². The first-order valence-corrected chi connectivity index (χ1v) is 7.59. The van der Waals surface area contributed by atoms with Gasteiger partial charge in [0.25, 0.3) is 0 Å². The van der Waals surface area contributed by atoms with E-state index < -0.39 is 5.82 Å². The van der Waals surface area contributed by atoms with Crippen molar-refractivity contribution in [3.05, 3.63) is 53.1 Å². The molecule has 3 rings (SSSR count). The van der Waals surface area contributed by atoms with Crippen LogP contribution in [0.5, 0.6) is 5.75 Å². The second-order valence-electron chi connectivity index (χ2n) is 5.08. The van der Waals surface area contributed by atoms with E-state index in [1.165, 1.54) is 6.07 Å². The van der Waals surface area contributed by atoms with Gasteiger partial charge in [-0.2, -0.15) is 0 Å². The minimum absolute atomic E-state index is 0.0827. The zero-order valence-electron chi connectivity index (χ0n) is 12.1. The molecule has 0 spiro atoms. The molecule has 2 aromatic rings. The van der Waals surface area contributed by atoms with Crippen molar-refractivity contribution in [2.24, 2.45) is 0 Å². The molecule has 2 heterocycles. The molecule has 0 atom stereocenters. The van der Waals surface area contributed by atoms with Crippen LogP contribution in [0.2, 0.25) is 5.02 Å². The van der Waals surface area contributed by atoms with Crippen molar-refractivity contribution in [3.8, 4) is 5.75 Å². The minimum Gasteiger partial charge on any atom is -0.484 e. The van der Waals surface area contributed by atoms with Crippen LogP contribution in [0.1, 0.15) is 5.56 Å². The molecule has 0 saturated carbocycles. The number of para-hydroxylation sites is 1. The molecule has 0 amide bonds. The Morgan fingerprint density at radius 1 is 1.27 bits per heavy atom. The molecule has 1 saturated heterocycles. The largest absolute Gasteiger partial charge is 0.484 e. The van der Waals surface area contributed by atoms with Crippen LogP contribution < -0.4 is 15.0 Å². The number of halogens is 2. The fourth-order valence-electron chi connectivity index (χ4n) is 2.52. The van der Waals surface area contributed by atoms with E-state index in [0.29, 0.717) is 0 Å². The summed E-state index contributed by atoms with van der Waals surface area (Å²) in [6.45, 7) is 3.98. The lowest BCUT2D eigenvalue weighted by molar-refractivity contribution is 0.290. The third-order valence-corrected chi connectivity index (χ3v) is 3.92. The molecule has 0 unspecified atom stereocenters. The number of rotatable bonds is 4. The minimum atomic E-state index is -0.458. The van der Waals surface area contributed by atoms with Gasteiger partial charge < -0.3 is 15.0 Å². The lowest BCUT2D eigenvalue weighted by Gasteiger charge is -2.30. The summed E-state index contributed by atoms with van der Waals surface area (Å²) >= 11 is 5.98. The predicted octanol–water partition coefficient (Wildman–Crippen LogP) is 2.86. The van der Waals surface area contributed by atoms with Crippen LogP contribution in [-0.4, -0.2) is 31.2 Å². The molecule has 1 N–H and O–H groups in total. The zero-order valence-corrected chi connectivity index (χ0v) is 12.8. The van der Waals surface area contributed by atoms with Gasteiger partial charge in [-0.25, -0.2) is 4.39 Å². The average Bonchev–Trinajstić information content (AvgIpc) is 2.56. The second-order valence-corrected chi connectivity index (χ2v) is 5.49. The van der Waals surface area contributed by atoms with E-state index in [-0.39, 0.29) is 17.4 Å². The molecular weight excluding hydrogens is 305 g/mol. The number of ether oxygens (including phenoxy) is 1. The number of hydrogen-bond donors (Lipinski definition) is 1. The standard InChI is InChI=1S/C16H17ClFN3O/c17-13-2-1-3-14(18)16(13)22-11-12-10-20-5-4-15(12)21-8-6-19-7-9-21/h1-5,10,19H,6-9,11H2. The molecule has 6 heteroatoms. The Balaban J connectivity index is 1.78. The van der Waals surface area contributed by atoms with E-state index in [2.05, 4.69) is 15.2 Å². The summed E-state index contributed by atoms with van der Waals surface area (Å²) in [5.74, 6) is -0.376. The fraction of sp³-hybridized carbons (Fsp3) is 0.312. The van der Waals surface area contributed by atoms with Gasteiger partial charge in [0.2, 0.25) is 0 Å². The third-order valence-electron chi connectivity index (χ3n) is 3.63. The summed E-state index contributed by atoms with van der Waals surface area (Å²) in [7, 11) is 0. The summed E-state index contributed by atoms with van der Waals surface area (Å²) in [4.78, 5) is 6.43. The van der Waals surface area contributed by atoms with Gasteiger partial charge in [-0.1, -0.05) is 17.7 Å². The number of anilines is 1. The van der Waals surface area contributed by atoms with Crippen LogP contribution in [0, 0.1) is 5.82 Å². The fourth-order valence-corrected chi connectivity index (χ4v) is 2.73. The van der Waals surface area contributed by atoms with Crippen LogP contribution in [0.15, 0.2) is 36.7 Å². The highest BCUT2D eigenvalue weighted by Crippen LogP contribution is 2.29. The van der Waals surface area contributed by atoms with Gasteiger partial charge in [0.15, 0.2) is 11.6 Å². The first kappa shape index (κ1) is 15.1. The molecule has 1 aliphatic rings. The maximum atomic E-state index is 13.8. The van der Waals surface area contributed by atoms with Crippen molar-refractivity contribution in [1.82, 2.24) is 10.3 Å². The van der Waals surface area contributed by atoms with E-state index >= 15 is 0 Å². The average molecular weight is 322 g/mol. The van der Waals surface area contributed by atoms with E-state index in [0.717, 1.165) is 37.4 Å². The van der Waals surface area contributed by atoms with Gasteiger partial charge in [0.05, 0.1) is 5.02 Å². The van der Waals surface area contributed by atoms with Gasteiger partial charge in [-0.3, -0.25) is 4.98 Å². The molecule has 1 aliphatic heterocycles. The number of nitrogens with zero attached hydrogens (tertiary/aromatic N) is 2. The Morgan fingerprint density at radius 3 is 2.86 bits per heavy atom. The monoisotopic (exact) mass is 321 g/mol. The van der Waals surface area contributed by atoms with Crippen LogP contribution in [0.4, 0.5) is 10.1 Å². The number of benzene rings is 1. The molecular formula is C16H17ClFN3O. The highest BCUT2D eigenvalue weighted by Gasteiger charge is 2.15. The number of piperazine rings is 1. The van der Waals surface area contributed by atoms with E-state index in [4.69, 9.17) is 16.3 Å². The summed E-state index contributed by atoms with van der Waals surface area (Å²) < 4.78 is 19.4. The molecule has 1 aromatic heterocycles. The van der Waals surface area contributed by atoms with Gasteiger partial charge in [0.1, 0.15) is 6.61 Å². The highest BCUT2D eigenvalue weighted by atomic mass is 35.5. The topological polar surface area (TPSA) is 37.4 Å². The van der Waals surface area contributed by atoms with Crippen LogP contribution >= 0.6 is 11.6 Å². The van der Waals surface area contributed by atoms with Crippen LogP contribution in [0.25, 0.3) is 0 Å². The van der Waals surface area contributed by atoms with Gasteiger partial charge in [-0.15, -0.1) is 0 Å². The summed E-state index contributed by atoms with van der Waals surface area (Å²) in [5.41, 5.74) is 1.99. The lowest BCUT2D eigenvalue weighted by Crippen LogP contribution is -2.44. The number of hydrogen-bond acceptors (Lipinski definition) is 4. The molecule has 0 bridgehead atoms. The Labute approximate surface area is 133 Å². The number of pyridine rings is 1. The van der Waals surface area contributed by atoms with E-state index in [1.54, 1.807) is 24.5 Å². The Bertz CT molecular complexity index is 627. The molecule has 22 heavy (non-hydrogen) atoms. The van der Waals surface area contributed by atoms with Crippen LogP contribution in [-0.2, 0) is 6.61 Å². The van der Waals surface area contributed by atoms with Crippen molar-refractivity contribution in [2.45, 2.75) is 6.61 Å². The lowest BCUT2D eigenvalue weighted by atomic mass is 10.2. The summed E-state index contributed by atoms with van der Waals surface area (Å²) in [6, 6.07) is 6.47.